The van der Waals surface area contributed by atoms with Gasteiger partial charge in [-0.3, -0.25) is 0 Å². The first-order valence-corrected chi connectivity index (χ1v) is 9.88. The number of carboxylic acids is 1. The lowest BCUT2D eigenvalue weighted by molar-refractivity contribution is 0.0696. The number of hydrogen-bond donors (Lipinski definition) is 2. The van der Waals surface area contributed by atoms with Gasteiger partial charge in [-0.15, -0.1) is 0 Å². The minimum Gasteiger partial charge on any atom is -0.478 e. The fraction of sp³-hybridized carbons (Fsp3) is 0.174. The van der Waals surface area contributed by atoms with Crippen molar-refractivity contribution in [3.63, 3.8) is 0 Å². The van der Waals surface area contributed by atoms with Gasteiger partial charge < -0.3 is 10.4 Å². The summed E-state index contributed by atoms with van der Waals surface area (Å²) in [4.78, 5) is 11.5. The smallest absolute Gasteiger partial charge is 0.335 e. The Morgan fingerprint density at radius 3 is 2.67 bits per heavy atom. The molecule has 134 valence electrons. The van der Waals surface area contributed by atoms with Crippen molar-refractivity contribution >= 4 is 27.6 Å². The lowest BCUT2D eigenvalue weighted by atomic mass is 9.75. The molecule has 0 bridgehead atoms. The predicted molar refractivity (Wildman–Crippen MR) is 109 cm³/mol. The second-order valence-corrected chi connectivity index (χ2v) is 8.24. The molecule has 3 aromatic rings. The van der Waals surface area contributed by atoms with Crippen molar-refractivity contribution in [2.75, 3.05) is 5.32 Å². The van der Waals surface area contributed by atoms with Crippen LogP contribution in [0.1, 0.15) is 44.6 Å². The zero-order valence-corrected chi connectivity index (χ0v) is 16.1. The van der Waals surface area contributed by atoms with Gasteiger partial charge in [0.2, 0.25) is 0 Å². The van der Waals surface area contributed by atoms with E-state index in [1.54, 1.807) is 6.07 Å². The number of benzene rings is 3. The summed E-state index contributed by atoms with van der Waals surface area (Å²) in [6, 6.07) is 22.7. The van der Waals surface area contributed by atoms with Crippen molar-refractivity contribution in [1.29, 1.82) is 0 Å². The minimum absolute atomic E-state index is 0.183. The minimum atomic E-state index is -0.880. The predicted octanol–water partition coefficient (Wildman–Crippen LogP) is 5.62. The van der Waals surface area contributed by atoms with E-state index in [1.165, 1.54) is 16.7 Å². The van der Waals surface area contributed by atoms with Crippen molar-refractivity contribution in [1.82, 2.24) is 0 Å². The molecule has 1 aliphatic carbocycles. The molecule has 27 heavy (non-hydrogen) atoms. The maximum absolute atomic E-state index is 11.5. The largest absolute Gasteiger partial charge is 0.478 e. The van der Waals surface area contributed by atoms with Gasteiger partial charge in [-0.05, 0) is 64.9 Å². The summed E-state index contributed by atoms with van der Waals surface area (Å²) in [6.45, 7) is 0. The van der Waals surface area contributed by atoms with Crippen LogP contribution in [0, 0.1) is 5.92 Å². The molecule has 0 spiro atoms. The number of fused-ring (bicyclic) bond motifs is 5. The van der Waals surface area contributed by atoms with E-state index >= 15 is 0 Å². The van der Waals surface area contributed by atoms with E-state index in [2.05, 4.69) is 63.7 Å². The van der Waals surface area contributed by atoms with Gasteiger partial charge >= 0.3 is 5.97 Å². The van der Waals surface area contributed by atoms with E-state index in [0.717, 1.165) is 22.1 Å². The van der Waals surface area contributed by atoms with E-state index in [9.17, 15) is 9.90 Å². The summed E-state index contributed by atoms with van der Waals surface area (Å²) < 4.78 is 1.07. The Morgan fingerprint density at radius 1 is 1.00 bits per heavy atom. The third kappa shape index (κ3) is 2.67. The Bertz CT molecular complexity index is 1060. The Morgan fingerprint density at radius 2 is 1.85 bits per heavy atom. The van der Waals surface area contributed by atoms with Gasteiger partial charge in [0.05, 0.1) is 11.6 Å². The second-order valence-electron chi connectivity index (χ2n) is 7.33. The highest BCUT2D eigenvalue weighted by Crippen LogP contribution is 2.54. The first-order valence-electron chi connectivity index (χ1n) is 9.09. The number of hydrogen-bond acceptors (Lipinski definition) is 2. The number of carbonyl (C=O) groups is 1. The molecule has 0 amide bonds. The van der Waals surface area contributed by atoms with Gasteiger partial charge in [0, 0.05) is 16.1 Å². The normalized spacial score (nSPS) is 22.3. The Labute approximate surface area is 166 Å². The molecule has 3 nitrogen and oxygen atoms in total. The highest BCUT2D eigenvalue weighted by atomic mass is 79.9. The Kier molecular flexibility index (Phi) is 3.83. The first-order chi connectivity index (χ1) is 13.1. The van der Waals surface area contributed by atoms with E-state index in [-0.39, 0.29) is 12.0 Å². The van der Waals surface area contributed by atoms with Crippen molar-refractivity contribution in [3.8, 4) is 0 Å². The molecule has 2 N–H and O–H groups in total. The van der Waals surface area contributed by atoms with Crippen LogP contribution < -0.4 is 5.32 Å². The molecule has 2 aliphatic rings. The van der Waals surface area contributed by atoms with Crippen LogP contribution in [0.4, 0.5) is 5.69 Å². The molecule has 0 unspecified atom stereocenters. The third-order valence-corrected chi connectivity index (χ3v) is 6.35. The highest BCUT2D eigenvalue weighted by Gasteiger charge is 2.43. The van der Waals surface area contributed by atoms with E-state index in [4.69, 9.17) is 0 Å². The second kappa shape index (κ2) is 6.24. The fourth-order valence-corrected chi connectivity index (χ4v) is 5.14. The summed E-state index contributed by atoms with van der Waals surface area (Å²) in [5.41, 5.74) is 6.41. The van der Waals surface area contributed by atoms with Crippen LogP contribution in [0.3, 0.4) is 0 Å². The number of rotatable bonds is 2. The summed E-state index contributed by atoms with van der Waals surface area (Å²) >= 11 is 3.59. The molecule has 3 atom stereocenters. The average Bonchev–Trinajstić information content (AvgIpc) is 3.06. The van der Waals surface area contributed by atoms with Crippen molar-refractivity contribution in [2.45, 2.75) is 18.4 Å². The van der Waals surface area contributed by atoms with E-state index < -0.39 is 5.97 Å². The molecule has 5 rings (SSSR count). The number of anilines is 1. The van der Waals surface area contributed by atoms with Gasteiger partial charge in [-0.25, -0.2) is 4.79 Å². The molecular formula is C23H18BrNO2. The average molecular weight is 420 g/mol. The lowest BCUT2D eigenvalue weighted by Gasteiger charge is -2.38. The summed E-state index contributed by atoms with van der Waals surface area (Å²) in [5.74, 6) is -0.316. The van der Waals surface area contributed by atoms with E-state index in [0.29, 0.717) is 11.5 Å². The summed E-state index contributed by atoms with van der Waals surface area (Å²) in [7, 11) is 0. The number of carboxylic acid groups (broad SMARTS) is 1. The maximum Gasteiger partial charge on any atom is 0.335 e. The topological polar surface area (TPSA) is 49.3 Å². The van der Waals surface area contributed by atoms with Crippen LogP contribution in [0.5, 0.6) is 0 Å². The molecule has 0 aromatic heterocycles. The zero-order valence-electron chi connectivity index (χ0n) is 14.5. The standard InChI is InChI=1S/C23H18BrNO2/c24-16-6-3-5-14(10-16)22-19-11-13-4-1-2-7-17(13)21(19)18-12-15(23(26)27)8-9-20(18)25-22/h1-10,12,19,21-22,25H,11H2,(H,26,27)/t19-,21+,22+/m1/s1. The van der Waals surface area contributed by atoms with Crippen molar-refractivity contribution in [3.05, 3.63) is 99.0 Å². The van der Waals surface area contributed by atoms with E-state index in [1.807, 2.05) is 18.2 Å². The molecule has 0 radical (unpaired) electrons. The molecule has 3 aromatic carbocycles. The zero-order chi connectivity index (χ0) is 18.5. The molecule has 1 heterocycles. The first kappa shape index (κ1) is 16.6. The number of halogens is 1. The summed E-state index contributed by atoms with van der Waals surface area (Å²) in [5, 5.41) is 13.2. The van der Waals surface area contributed by atoms with Crippen LogP contribution in [0.2, 0.25) is 0 Å². The SMILES string of the molecule is O=C(O)c1ccc2c(c1)[C@@H]1c3ccccc3C[C@H]1[C@H](c1cccc(Br)c1)N2. The van der Waals surface area contributed by atoms with Crippen LogP contribution in [-0.2, 0) is 6.42 Å². The van der Waals surface area contributed by atoms with Gasteiger partial charge in [0.1, 0.15) is 0 Å². The van der Waals surface area contributed by atoms with Gasteiger partial charge in [0.25, 0.3) is 0 Å². The van der Waals surface area contributed by atoms with Gasteiger partial charge in [-0.2, -0.15) is 0 Å². The Hall–Kier alpha value is -2.59. The van der Waals surface area contributed by atoms with Crippen molar-refractivity contribution < 1.29 is 9.90 Å². The molecule has 0 saturated heterocycles. The molecule has 1 aliphatic heterocycles. The van der Waals surface area contributed by atoms with Gasteiger partial charge in [-0.1, -0.05) is 52.3 Å². The number of nitrogens with one attached hydrogen (secondary N) is 1. The third-order valence-electron chi connectivity index (χ3n) is 5.85. The summed E-state index contributed by atoms with van der Waals surface area (Å²) in [6.07, 6.45) is 0.988. The van der Waals surface area contributed by atoms with Crippen LogP contribution in [-0.4, -0.2) is 11.1 Å². The van der Waals surface area contributed by atoms with Gasteiger partial charge in [0.15, 0.2) is 0 Å². The lowest BCUT2D eigenvalue weighted by Crippen LogP contribution is -2.30. The quantitative estimate of drug-likeness (QED) is 0.566. The maximum atomic E-state index is 11.5. The highest BCUT2D eigenvalue weighted by molar-refractivity contribution is 9.10. The van der Waals surface area contributed by atoms with Crippen LogP contribution >= 0.6 is 15.9 Å². The number of aromatic carboxylic acids is 1. The van der Waals surface area contributed by atoms with Crippen LogP contribution in [0.25, 0.3) is 0 Å². The van der Waals surface area contributed by atoms with Crippen LogP contribution in [0.15, 0.2) is 71.2 Å². The fourth-order valence-electron chi connectivity index (χ4n) is 4.72. The molecule has 0 fully saturated rings. The monoisotopic (exact) mass is 419 g/mol. The molecule has 0 saturated carbocycles. The Balaban J connectivity index is 1.69. The van der Waals surface area contributed by atoms with Crippen molar-refractivity contribution in [2.24, 2.45) is 5.92 Å². The molecule has 4 heteroatoms. The molecular weight excluding hydrogens is 402 g/mol.